The summed E-state index contributed by atoms with van der Waals surface area (Å²) >= 11 is 0. The first-order valence-electron chi connectivity index (χ1n) is 11.8. The number of anilines is 1. The van der Waals surface area contributed by atoms with Gasteiger partial charge in [-0.05, 0) is 73.1 Å². The zero-order chi connectivity index (χ0) is 22.8. The molecule has 0 aromatic heterocycles. The van der Waals surface area contributed by atoms with Crippen LogP contribution in [0.2, 0.25) is 0 Å². The summed E-state index contributed by atoms with van der Waals surface area (Å²) in [5.74, 6) is 2.35. The van der Waals surface area contributed by atoms with E-state index in [0.29, 0.717) is 5.92 Å². The van der Waals surface area contributed by atoms with Gasteiger partial charge in [-0.3, -0.25) is 0 Å². The van der Waals surface area contributed by atoms with Gasteiger partial charge in [-0.1, -0.05) is 56.7 Å². The van der Waals surface area contributed by atoms with E-state index in [1.807, 2.05) is 12.1 Å². The summed E-state index contributed by atoms with van der Waals surface area (Å²) in [5.41, 5.74) is 6.15. The smallest absolute Gasteiger partial charge is 0.120 e. The van der Waals surface area contributed by atoms with Crippen molar-refractivity contribution in [3.05, 3.63) is 77.9 Å². The molecule has 3 heteroatoms. The van der Waals surface area contributed by atoms with Gasteiger partial charge in [0, 0.05) is 23.9 Å². The van der Waals surface area contributed by atoms with Crippen molar-refractivity contribution in [2.75, 3.05) is 25.6 Å². The molecule has 1 atom stereocenters. The van der Waals surface area contributed by atoms with E-state index in [0.717, 1.165) is 56.0 Å². The summed E-state index contributed by atoms with van der Waals surface area (Å²) < 4.78 is 11.6. The number of benzene rings is 3. The molecular formula is C29H37NO2. The van der Waals surface area contributed by atoms with Crippen LogP contribution in [0.25, 0.3) is 11.1 Å². The predicted molar refractivity (Wildman–Crippen MR) is 136 cm³/mol. The van der Waals surface area contributed by atoms with Gasteiger partial charge in [0.25, 0.3) is 0 Å². The number of methoxy groups -OCH3 is 1. The van der Waals surface area contributed by atoms with Crippen molar-refractivity contribution in [1.82, 2.24) is 0 Å². The Hall–Kier alpha value is -2.94. The van der Waals surface area contributed by atoms with Crippen molar-refractivity contribution in [2.45, 2.75) is 46.5 Å². The Morgan fingerprint density at radius 2 is 1.72 bits per heavy atom. The maximum absolute atomic E-state index is 6.11. The summed E-state index contributed by atoms with van der Waals surface area (Å²) in [4.78, 5) is 0. The van der Waals surface area contributed by atoms with Crippen LogP contribution in [0.1, 0.15) is 44.2 Å². The topological polar surface area (TPSA) is 30.5 Å². The van der Waals surface area contributed by atoms with Crippen LogP contribution >= 0.6 is 0 Å². The zero-order valence-electron chi connectivity index (χ0n) is 20.0. The summed E-state index contributed by atoms with van der Waals surface area (Å²) in [7, 11) is 1.72. The maximum Gasteiger partial charge on any atom is 0.120 e. The van der Waals surface area contributed by atoms with Gasteiger partial charge >= 0.3 is 0 Å². The van der Waals surface area contributed by atoms with E-state index in [1.54, 1.807) is 7.11 Å². The molecule has 0 fully saturated rings. The molecule has 0 bridgehead atoms. The Balaban J connectivity index is 1.67. The molecule has 0 saturated carbocycles. The standard InChI is InChI=1S/C29H37NO2/c1-5-9-24(21-32-27-13-7-10-22(3)18-27)16-17-30-29-20-26(31-4)14-15-28(29)25-12-8-11-23(6-2)19-25/h7-8,10-15,18-20,24,30H,5-6,9,16-17,21H2,1-4H3. The normalized spacial score (nSPS) is 11.8. The third kappa shape index (κ3) is 6.78. The van der Waals surface area contributed by atoms with Crippen molar-refractivity contribution in [3.8, 4) is 22.6 Å². The molecular weight excluding hydrogens is 394 g/mol. The van der Waals surface area contributed by atoms with E-state index in [4.69, 9.17) is 9.47 Å². The molecule has 3 rings (SSSR count). The van der Waals surface area contributed by atoms with Gasteiger partial charge in [0.1, 0.15) is 11.5 Å². The van der Waals surface area contributed by atoms with Crippen molar-refractivity contribution in [3.63, 3.8) is 0 Å². The SMILES string of the molecule is CCCC(CCNc1cc(OC)ccc1-c1cccc(CC)c1)COc1cccc(C)c1. The second kappa shape index (κ2) is 12.2. The lowest BCUT2D eigenvalue weighted by atomic mass is 9.99. The zero-order valence-corrected chi connectivity index (χ0v) is 20.0. The Kier molecular flexibility index (Phi) is 9.03. The lowest BCUT2D eigenvalue weighted by molar-refractivity contribution is 0.233. The van der Waals surface area contributed by atoms with Gasteiger partial charge in [0.15, 0.2) is 0 Å². The lowest BCUT2D eigenvalue weighted by Crippen LogP contribution is -2.16. The number of nitrogens with one attached hydrogen (secondary N) is 1. The highest BCUT2D eigenvalue weighted by atomic mass is 16.5. The molecule has 3 aromatic rings. The maximum atomic E-state index is 6.11. The van der Waals surface area contributed by atoms with Gasteiger partial charge < -0.3 is 14.8 Å². The van der Waals surface area contributed by atoms with Crippen LogP contribution in [0.3, 0.4) is 0 Å². The van der Waals surface area contributed by atoms with Crippen LogP contribution in [-0.4, -0.2) is 20.3 Å². The number of aryl methyl sites for hydroxylation is 2. The van der Waals surface area contributed by atoms with Crippen LogP contribution in [0, 0.1) is 12.8 Å². The number of hydrogen-bond donors (Lipinski definition) is 1. The van der Waals surface area contributed by atoms with Crippen LogP contribution in [0.5, 0.6) is 11.5 Å². The van der Waals surface area contributed by atoms with Crippen LogP contribution in [-0.2, 0) is 6.42 Å². The van der Waals surface area contributed by atoms with E-state index in [9.17, 15) is 0 Å². The average molecular weight is 432 g/mol. The Morgan fingerprint density at radius 1 is 0.875 bits per heavy atom. The van der Waals surface area contributed by atoms with E-state index in [-0.39, 0.29) is 0 Å². The van der Waals surface area contributed by atoms with Crippen LogP contribution in [0.4, 0.5) is 5.69 Å². The Labute approximate surface area is 193 Å². The Morgan fingerprint density at radius 3 is 2.47 bits per heavy atom. The van der Waals surface area contributed by atoms with E-state index in [2.05, 4.69) is 80.7 Å². The van der Waals surface area contributed by atoms with Gasteiger partial charge in [0.2, 0.25) is 0 Å². The molecule has 1 unspecified atom stereocenters. The van der Waals surface area contributed by atoms with Gasteiger partial charge in [-0.15, -0.1) is 0 Å². The third-order valence-corrected chi connectivity index (χ3v) is 5.91. The molecule has 0 amide bonds. The van der Waals surface area contributed by atoms with E-state index < -0.39 is 0 Å². The molecule has 0 aliphatic carbocycles. The number of rotatable bonds is 12. The lowest BCUT2D eigenvalue weighted by Gasteiger charge is -2.19. The molecule has 0 saturated heterocycles. The molecule has 170 valence electrons. The van der Waals surface area contributed by atoms with Crippen molar-refractivity contribution in [2.24, 2.45) is 5.92 Å². The van der Waals surface area contributed by atoms with Gasteiger partial charge in [-0.25, -0.2) is 0 Å². The van der Waals surface area contributed by atoms with Crippen LogP contribution in [0.15, 0.2) is 66.7 Å². The quantitative estimate of drug-likeness (QED) is 0.321. The molecule has 0 spiro atoms. The molecule has 32 heavy (non-hydrogen) atoms. The van der Waals surface area contributed by atoms with Gasteiger partial charge in [-0.2, -0.15) is 0 Å². The van der Waals surface area contributed by atoms with Gasteiger partial charge in [0.05, 0.1) is 13.7 Å². The second-order valence-electron chi connectivity index (χ2n) is 8.46. The van der Waals surface area contributed by atoms with E-state index >= 15 is 0 Å². The minimum absolute atomic E-state index is 0.519. The summed E-state index contributed by atoms with van der Waals surface area (Å²) in [6.45, 7) is 8.19. The molecule has 0 radical (unpaired) electrons. The fourth-order valence-electron chi connectivity index (χ4n) is 4.06. The largest absolute Gasteiger partial charge is 0.497 e. The highest BCUT2D eigenvalue weighted by Gasteiger charge is 2.12. The molecule has 3 nitrogen and oxygen atoms in total. The number of ether oxygens (including phenoxy) is 2. The summed E-state index contributed by atoms with van der Waals surface area (Å²) in [6, 6.07) is 23.4. The minimum Gasteiger partial charge on any atom is -0.497 e. The summed E-state index contributed by atoms with van der Waals surface area (Å²) in [6.07, 6.45) is 4.42. The minimum atomic E-state index is 0.519. The van der Waals surface area contributed by atoms with Crippen molar-refractivity contribution < 1.29 is 9.47 Å². The first-order valence-corrected chi connectivity index (χ1v) is 11.8. The first kappa shape index (κ1) is 23.7. The average Bonchev–Trinajstić information content (AvgIpc) is 2.82. The molecule has 1 N–H and O–H groups in total. The molecule has 3 aromatic carbocycles. The first-order chi connectivity index (χ1) is 15.6. The highest BCUT2D eigenvalue weighted by Crippen LogP contribution is 2.32. The fourth-order valence-corrected chi connectivity index (χ4v) is 4.06. The van der Waals surface area contributed by atoms with Crippen molar-refractivity contribution in [1.29, 1.82) is 0 Å². The summed E-state index contributed by atoms with van der Waals surface area (Å²) in [5, 5.41) is 3.68. The van der Waals surface area contributed by atoms with E-state index in [1.165, 1.54) is 22.3 Å². The fraction of sp³-hybridized carbons (Fsp3) is 0.379. The van der Waals surface area contributed by atoms with Crippen molar-refractivity contribution >= 4 is 5.69 Å². The second-order valence-corrected chi connectivity index (χ2v) is 8.46. The predicted octanol–water partition coefficient (Wildman–Crippen LogP) is 7.53. The third-order valence-electron chi connectivity index (χ3n) is 5.91. The molecule has 0 aliphatic rings. The highest BCUT2D eigenvalue weighted by molar-refractivity contribution is 5.79. The molecule has 0 aliphatic heterocycles. The molecule has 0 heterocycles. The van der Waals surface area contributed by atoms with Crippen LogP contribution < -0.4 is 14.8 Å². The number of hydrogen-bond acceptors (Lipinski definition) is 3. The monoisotopic (exact) mass is 431 g/mol. The Bertz CT molecular complexity index is 982.